The van der Waals surface area contributed by atoms with E-state index in [1.54, 1.807) is 6.26 Å². The van der Waals surface area contributed by atoms with Crippen molar-refractivity contribution in [2.24, 2.45) is 11.5 Å². The van der Waals surface area contributed by atoms with Crippen LogP contribution in [0, 0.1) is 0 Å². The molecule has 4 unspecified atom stereocenters. The van der Waals surface area contributed by atoms with Gasteiger partial charge in [0.15, 0.2) is 0 Å². The van der Waals surface area contributed by atoms with E-state index < -0.39 is 60.2 Å². The number of imidazole rings is 1. The predicted molar refractivity (Wildman–Crippen MR) is 134 cm³/mol. The molecule has 1 aromatic rings. The number of carboxylic acids is 1. The van der Waals surface area contributed by atoms with E-state index in [0.717, 1.165) is 0 Å². The predicted octanol–water partition coefficient (Wildman–Crippen LogP) is -1.80. The highest BCUT2D eigenvalue weighted by Crippen LogP contribution is 2.06. The summed E-state index contributed by atoms with van der Waals surface area (Å²) in [6.45, 7) is 0. The lowest BCUT2D eigenvalue weighted by Crippen LogP contribution is -2.58. The van der Waals surface area contributed by atoms with Crippen molar-refractivity contribution in [1.82, 2.24) is 25.9 Å². The Morgan fingerprint density at radius 2 is 1.54 bits per heavy atom. The highest BCUT2D eigenvalue weighted by Gasteiger charge is 2.31. The molecule has 0 bridgehead atoms. The zero-order valence-electron chi connectivity index (χ0n) is 19.6. The molecule has 9 N–H and O–H groups in total. The van der Waals surface area contributed by atoms with Crippen molar-refractivity contribution in [2.75, 3.05) is 24.0 Å². The molecule has 0 aliphatic rings. The Balaban J connectivity index is 3.01. The first-order valence-corrected chi connectivity index (χ1v) is 13.5. The van der Waals surface area contributed by atoms with Gasteiger partial charge in [-0.2, -0.15) is 23.5 Å². The van der Waals surface area contributed by atoms with E-state index in [1.807, 2.05) is 6.26 Å². The highest BCUT2D eigenvalue weighted by atomic mass is 32.2. The largest absolute Gasteiger partial charge is 0.480 e. The smallest absolute Gasteiger partial charge is 0.326 e. The minimum absolute atomic E-state index is 0.0586. The summed E-state index contributed by atoms with van der Waals surface area (Å²) in [6.07, 6.45) is 6.67. The molecule has 0 fully saturated rings. The van der Waals surface area contributed by atoms with Crippen molar-refractivity contribution >= 4 is 53.1 Å². The first-order valence-electron chi connectivity index (χ1n) is 10.7. The fourth-order valence-corrected chi connectivity index (χ4v) is 3.89. The number of carbonyl (C=O) groups excluding carboxylic acids is 4. The molecule has 13 nitrogen and oxygen atoms in total. The molecule has 4 amide bonds. The molecule has 0 saturated heterocycles. The first-order chi connectivity index (χ1) is 16.6. The average molecular weight is 532 g/mol. The molecule has 4 atom stereocenters. The molecular weight excluding hydrogens is 498 g/mol. The lowest BCUT2D eigenvalue weighted by Gasteiger charge is -2.25. The Bertz CT molecular complexity index is 855. The summed E-state index contributed by atoms with van der Waals surface area (Å²) in [6, 6.07) is -4.55. The third-order valence-corrected chi connectivity index (χ3v) is 6.13. The number of amides is 4. The Labute approximate surface area is 211 Å². The van der Waals surface area contributed by atoms with Gasteiger partial charge in [-0.3, -0.25) is 19.2 Å². The molecule has 0 aliphatic carbocycles. The number of aliphatic carboxylic acids is 1. The summed E-state index contributed by atoms with van der Waals surface area (Å²) in [5.41, 5.74) is 11.6. The number of H-pyrrole nitrogens is 1. The second-order valence-corrected chi connectivity index (χ2v) is 9.61. The molecule has 0 aromatic carbocycles. The van der Waals surface area contributed by atoms with Crippen LogP contribution in [-0.2, 0) is 30.4 Å². The number of nitrogens with one attached hydrogen (secondary N) is 4. The lowest BCUT2D eigenvalue weighted by molar-refractivity contribution is -0.143. The van der Waals surface area contributed by atoms with Crippen LogP contribution in [0.5, 0.6) is 0 Å². The number of carboxylic acid groups (broad SMARTS) is 1. The normalized spacial score (nSPS) is 14.3. The molecule has 15 heteroatoms. The maximum absolute atomic E-state index is 13.1. The summed E-state index contributed by atoms with van der Waals surface area (Å²) in [7, 11) is 0. The fraction of sp³-hybridized carbons (Fsp3) is 0.600. The second-order valence-electron chi connectivity index (χ2n) is 7.64. The maximum Gasteiger partial charge on any atom is 0.326 e. The minimum atomic E-state index is -1.54. The van der Waals surface area contributed by atoms with Gasteiger partial charge in [-0.15, -0.1) is 0 Å². The van der Waals surface area contributed by atoms with E-state index in [-0.39, 0.29) is 12.8 Å². The zero-order chi connectivity index (χ0) is 26.4. The van der Waals surface area contributed by atoms with E-state index in [2.05, 4.69) is 25.9 Å². The van der Waals surface area contributed by atoms with Gasteiger partial charge in [0.05, 0.1) is 18.8 Å². The van der Waals surface area contributed by atoms with Gasteiger partial charge in [-0.05, 0) is 36.9 Å². The van der Waals surface area contributed by atoms with Crippen LogP contribution in [0.3, 0.4) is 0 Å². The Kier molecular flexibility index (Phi) is 13.8. The van der Waals surface area contributed by atoms with Crippen molar-refractivity contribution < 1.29 is 29.1 Å². The van der Waals surface area contributed by atoms with Crippen LogP contribution in [0.2, 0.25) is 0 Å². The van der Waals surface area contributed by atoms with Crippen molar-refractivity contribution in [3.8, 4) is 0 Å². The number of nitrogens with two attached hydrogens (primary N) is 2. The van der Waals surface area contributed by atoms with Gasteiger partial charge >= 0.3 is 5.97 Å². The number of thioether (sulfide) groups is 2. The summed E-state index contributed by atoms with van der Waals surface area (Å²) >= 11 is 2.96. The van der Waals surface area contributed by atoms with E-state index in [0.29, 0.717) is 23.6 Å². The molecule has 1 aromatic heterocycles. The maximum atomic E-state index is 13.1. The number of aromatic amines is 1. The van der Waals surface area contributed by atoms with E-state index in [1.165, 1.54) is 36.0 Å². The number of carbonyl (C=O) groups is 5. The topological polar surface area (TPSA) is 222 Å². The standard InChI is InChI=1S/C20H33N7O6S2/c1-34-5-3-12(21)17(29)26-14(7-11-9-23-10-24-11)19(31)25-13(4-6-35-2)18(30)27-15(20(32)33)8-16(22)28/h9-10,12-15H,3-8,21H2,1-2H3,(H2,22,28)(H,23,24)(H,25,31)(H,26,29)(H,27,30)(H,32,33). The average Bonchev–Trinajstić information content (AvgIpc) is 3.31. The fourth-order valence-electron chi connectivity index (χ4n) is 2.93. The molecule has 1 rings (SSSR count). The van der Waals surface area contributed by atoms with Crippen LogP contribution in [0.15, 0.2) is 12.5 Å². The summed E-state index contributed by atoms with van der Waals surface area (Å²) < 4.78 is 0. The number of rotatable bonds is 17. The number of aromatic nitrogens is 2. The van der Waals surface area contributed by atoms with Crippen molar-refractivity contribution in [3.05, 3.63) is 18.2 Å². The van der Waals surface area contributed by atoms with Gasteiger partial charge in [0, 0.05) is 18.3 Å². The summed E-state index contributed by atoms with van der Waals surface area (Å²) in [5.74, 6) is -3.16. The quantitative estimate of drug-likeness (QED) is 0.119. The molecule has 0 spiro atoms. The molecular formula is C20H33N7O6S2. The molecule has 0 radical (unpaired) electrons. The Hall–Kier alpha value is -2.78. The molecule has 1 heterocycles. The van der Waals surface area contributed by atoms with Crippen LogP contribution in [-0.4, -0.2) is 92.9 Å². The SMILES string of the molecule is CSCCC(N)C(=O)NC(Cc1cnc[nH]1)C(=O)NC(CCSC)C(=O)NC(CC(N)=O)C(=O)O. The number of hydrogen-bond acceptors (Lipinski definition) is 9. The van der Waals surface area contributed by atoms with E-state index >= 15 is 0 Å². The minimum Gasteiger partial charge on any atom is -0.480 e. The van der Waals surface area contributed by atoms with Crippen LogP contribution in [0.25, 0.3) is 0 Å². The highest BCUT2D eigenvalue weighted by molar-refractivity contribution is 7.98. The monoisotopic (exact) mass is 531 g/mol. The van der Waals surface area contributed by atoms with E-state index in [4.69, 9.17) is 11.5 Å². The van der Waals surface area contributed by atoms with E-state index in [9.17, 15) is 29.1 Å². The van der Waals surface area contributed by atoms with Gasteiger partial charge in [-0.25, -0.2) is 9.78 Å². The number of primary amides is 1. The number of nitrogens with zero attached hydrogens (tertiary/aromatic N) is 1. The van der Waals surface area contributed by atoms with Crippen molar-refractivity contribution in [1.29, 1.82) is 0 Å². The van der Waals surface area contributed by atoms with Crippen molar-refractivity contribution in [3.63, 3.8) is 0 Å². The van der Waals surface area contributed by atoms with Gasteiger partial charge in [0.2, 0.25) is 23.6 Å². The zero-order valence-corrected chi connectivity index (χ0v) is 21.2. The van der Waals surface area contributed by atoms with Crippen LogP contribution in [0.4, 0.5) is 0 Å². The molecule has 0 aliphatic heterocycles. The molecule has 196 valence electrons. The molecule has 35 heavy (non-hydrogen) atoms. The van der Waals surface area contributed by atoms with Crippen LogP contribution < -0.4 is 27.4 Å². The van der Waals surface area contributed by atoms with Gasteiger partial charge in [0.25, 0.3) is 0 Å². The third kappa shape index (κ3) is 11.5. The summed E-state index contributed by atoms with van der Waals surface area (Å²) in [5, 5.41) is 16.7. The molecule has 0 saturated carbocycles. The van der Waals surface area contributed by atoms with Gasteiger partial charge in [-0.1, -0.05) is 0 Å². The van der Waals surface area contributed by atoms with Crippen molar-refractivity contribution in [2.45, 2.75) is 49.9 Å². The Morgan fingerprint density at radius 3 is 2.09 bits per heavy atom. The van der Waals surface area contributed by atoms with Gasteiger partial charge in [0.1, 0.15) is 18.1 Å². The lowest BCUT2D eigenvalue weighted by atomic mass is 10.1. The Morgan fingerprint density at radius 1 is 0.971 bits per heavy atom. The number of hydrogen-bond donors (Lipinski definition) is 7. The van der Waals surface area contributed by atoms with Crippen LogP contribution >= 0.6 is 23.5 Å². The third-order valence-electron chi connectivity index (χ3n) is 4.85. The summed E-state index contributed by atoms with van der Waals surface area (Å²) in [4.78, 5) is 67.8. The van der Waals surface area contributed by atoms with Crippen LogP contribution in [0.1, 0.15) is 25.0 Å². The first kappa shape index (κ1) is 30.3. The second kappa shape index (κ2) is 16.0. The van der Waals surface area contributed by atoms with Gasteiger partial charge < -0.3 is 37.5 Å².